The molecule has 0 bridgehead atoms. The molecule has 62 valence electrons. The highest BCUT2D eigenvalue weighted by Crippen LogP contribution is 2.17. The first-order valence-corrected chi connectivity index (χ1v) is 3.36. The van der Waals surface area contributed by atoms with Crippen molar-refractivity contribution in [3.05, 3.63) is 0 Å². The van der Waals surface area contributed by atoms with E-state index in [1.54, 1.807) is 27.7 Å². The summed E-state index contributed by atoms with van der Waals surface area (Å²) in [5.74, 6) is 0. The fraction of sp³-hybridized carbons (Fsp3) is 1.00. The molecule has 0 radical (unpaired) electrons. The van der Waals surface area contributed by atoms with E-state index < -0.39 is 17.2 Å². The van der Waals surface area contributed by atoms with E-state index in [9.17, 15) is 10.2 Å². The van der Waals surface area contributed by atoms with Crippen LogP contribution in [0.1, 0.15) is 27.7 Å². The van der Waals surface area contributed by atoms with Gasteiger partial charge >= 0.3 is 0 Å². The lowest BCUT2D eigenvalue weighted by Crippen LogP contribution is -2.56. The maximum absolute atomic E-state index is 9.34. The first-order valence-electron chi connectivity index (χ1n) is 3.36. The Labute approximate surface area is 61.9 Å². The van der Waals surface area contributed by atoms with Crippen LogP contribution in [0.2, 0.25) is 0 Å². The minimum absolute atomic E-state index is 0.625. The molecule has 0 aromatic heterocycles. The Hall–Kier alpha value is -0.120. The van der Waals surface area contributed by atoms with Gasteiger partial charge in [-0.1, -0.05) is 0 Å². The summed E-state index contributed by atoms with van der Waals surface area (Å²) in [5, 5.41) is 18.7. The average molecular weight is 147 g/mol. The molecule has 0 amide bonds. The summed E-state index contributed by atoms with van der Waals surface area (Å²) in [6.45, 7) is 6.32. The van der Waals surface area contributed by atoms with Gasteiger partial charge in [-0.05, 0) is 27.7 Å². The Morgan fingerprint density at radius 2 is 1.20 bits per heavy atom. The molecule has 3 nitrogen and oxygen atoms in total. The van der Waals surface area contributed by atoms with Crippen LogP contribution in [-0.2, 0) is 0 Å². The summed E-state index contributed by atoms with van der Waals surface area (Å²) >= 11 is 0. The minimum Gasteiger partial charge on any atom is -0.389 e. The molecule has 0 aromatic rings. The highest BCUT2D eigenvalue weighted by molar-refractivity contribution is 4.92. The number of aliphatic hydroxyl groups is 2. The zero-order chi connectivity index (χ0) is 8.58. The first-order chi connectivity index (χ1) is 4.15. The van der Waals surface area contributed by atoms with Gasteiger partial charge in [0.1, 0.15) is 0 Å². The SMILES string of the molecule is CC(C)(O)C(N)C(C)(C)O. The molecule has 0 fully saturated rings. The molecule has 0 rings (SSSR count). The van der Waals surface area contributed by atoms with E-state index in [1.165, 1.54) is 0 Å². The molecule has 0 aliphatic carbocycles. The highest BCUT2D eigenvalue weighted by atomic mass is 16.3. The van der Waals surface area contributed by atoms with Crippen LogP contribution in [-0.4, -0.2) is 27.5 Å². The summed E-state index contributed by atoms with van der Waals surface area (Å²) < 4.78 is 0. The number of nitrogens with two attached hydrogens (primary N) is 1. The maximum atomic E-state index is 9.34. The smallest absolute Gasteiger partial charge is 0.0769 e. The number of hydrogen-bond acceptors (Lipinski definition) is 3. The molecule has 3 heteroatoms. The van der Waals surface area contributed by atoms with Crippen molar-refractivity contribution in [1.29, 1.82) is 0 Å². The predicted octanol–water partition coefficient (Wildman–Crippen LogP) is -0.145. The second-order valence-corrected chi connectivity index (χ2v) is 3.78. The second kappa shape index (κ2) is 2.49. The van der Waals surface area contributed by atoms with E-state index in [0.717, 1.165) is 0 Å². The summed E-state index contributed by atoms with van der Waals surface area (Å²) in [5.41, 5.74) is 3.47. The molecule has 4 N–H and O–H groups in total. The highest BCUT2D eigenvalue weighted by Gasteiger charge is 2.34. The van der Waals surface area contributed by atoms with Crippen LogP contribution in [0.3, 0.4) is 0 Å². The van der Waals surface area contributed by atoms with Crippen molar-refractivity contribution in [3.63, 3.8) is 0 Å². The van der Waals surface area contributed by atoms with Crippen LogP contribution < -0.4 is 5.73 Å². The van der Waals surface area contributed by atoms with Crippen LogP contribution >= 0.6 is 0 Å². The standard InChI is InChI=1S/C7H17NO2/c1-6(2,9)5(8)7(3,4)10/h5,9-10H,8H2,1-4H3. The van der Waals surface area contributed by atoms with E-state index in [1.807, 2.05) is 0 Å². The van der Waals surface area contributed by atoms with Crippen LogP contribution in [0.4, 0.5) is 0 Å². The molecule has 10 heavy (non-hydrogen) atoms. The van der Waals surface area contributed by atoms with Crippen molar-refractivity contribution in [1.82, 2.24) is 0 Å². The van der Waals surface area contributed by atoms with Gasteiger partial charge in [0.25, 0.3) is 0 Å². The summed E-state index contributed by atoms with van der Waals surface area (Å²) in [6.07, 6.45) is 0. The van der Waals surface area contributed by atoms with E-state index in [0.29, 0.717) is 0 Å². The van der Waals surface area contributed by atoms with Crippen molar-refractivity contribution < 1.29 is 10.2 Å². The van der Waals surface area contributed by atoms with Crippen molar-refractivity contribution in [2.75, 3.05) is 0 Å². The molecule has 0 aromatic carbocycles. The lowest BCUT2D eigenvalue weighted by molar-refractivity contribution is -0.0477. The number of rotatable bonds is 2. The third kappa shape index (κ3) is 2.64. The molecule has 0 saturated heterocycles. The Balaban J connectivity index is 4.23. The van der Waals surface area contributed by atoms with Gasteiger partial charge in [-0.25, -0.2) is 0 Å². The summed E-state index contributed by atoms with van der Waals surface area (Å²) in [6, 6.07) is -0.625. The topological polar surface area (TPSA) is 66.5 Å². The summed E-state index contributed by atoms with van der Waals surface area (Å²) in [7, 11) is 0. The average Bonchev–Trinajstić information content (AvgIpc) is 1.59. The Morgan fingerprint density at radius 1 is 1.00 bits per heavy atom. The third-order valence-corrected chi connectivity index (χ3v) is 1.52. The molecule has 0 atom stereocenters. The van der Waals surface area contributed by atoms with Crippen molar-refractivity contribution in [3.8, 4) is 0 Å². The quantitative estimate of drug-likeness (QED) is 0.509. The molecule has 0 spiro atoms. The molecule has 0 unspecified atom stereocenters. The third-order valence-electron chi connectivity index (χ3n) is 1.52. The van der Waals surface area contributed by atoms with E-state index in [2.05, 4.69) is 0 Å². The maximum Gasteiger partial charge on any atom is 0.0769 e. The van der Waals surface area contributed by atoms with Gasteiger partial charge in [0.05, 0.1) is 17.2 Å². The largest absolute Gasteiger partial charge is 0.389 e. The molecule has 0 aliphatic rings. The van der Waals surface area contributed by atoms with E-state index in [-0.39, 0.29) is 0 Å². The zero-order valence-electron chi connectivity index (χ0n) is 7.05. The second-order valence-electron chi connectivity index (χ2n) is 3.78. The van der Waals surface area contributed by atoms with Gasteiger partial charge in [0, 0.05) is 0 Å². The van der Waals surface area contributed by atoms with Crippen molar-refractivity contribution >= 4 is 0 Å². The minimum atomic E-state index is -1.03. The van der Waals surface area contributed by atoms with Gasteiger partial charge in [-0.3, -0.25) is 0 Å². The lowest BCUT2D eigenvalue weighted by Gasteiger charge is -2.34. The summed E-state index contributed by atoms with van der Waals surface area (Å²) in [4.78, 5) is 0. The Bertz CT molecular complexity index is 95.8. The van der Waals surface area contributed by atoms with Gasteiger partial charge in [0.2, 0.25) is 0 Å². The van der Waals surface area contributed by atoms with Gasteiger partial charge in [-0.15, -0.1) is 0 Å². The fourth-order valence-electron chi connectivity index (χ4n) is 0.864. The molecule has 0 heterocycles. The predicted molar refractivity (Wildman–Crippen MR) is 40.6 cm³/mol. The molecular weight excluding hydrogens is 130 g/mol. The van der Waals surface area contributed by atoms with Gasteiger partial charge in [-0.2, -0.15) is 0 Å². The normalized spacial score (nSPS) is 14.4. The monoisotopic (exact) mass is 147 g/mol. The molecule has 0 aliphatic heterocycles. The van der Waals surface area contributed by atoms with E-state index in [4.69, 9.17) is 5.73 Å². The van der Waals surface area contributed by atoms with Crippen LogP contribution in [0, 0.1) is 0 Å². The van der Waals surface area contributed by atoms with E-state index >= 15 is 0 Å². The van der Waals surface area contributed by atoms with Crippen LogP contribution in [0.15, 0.2) is 0 Å². The van der Waals surface area contributed by atoms with Gasteiger partial charge in [0.15, 0.2) is 0 Å². The first kappa shape index (κ1) is 9.88. The Morgan fingerprint density at radius 3 is 1.20 bits per heavy atom. The van der Waals surface area contributed by atoms with Crippen molar-refractivity contribution in [2.45, 2.75) is 44.9 Å². The zero-order valence-corrected chi connectivity index (χ0v) is 7.05. The molecule has 0 saturated carbocycles. The fourth-order valence-corrected chi connectivity index (χ4v) is 0.864. The van der Waals surface area contributed by atoms with Crippen LogP contribution in [0.25, 0.3) is 0 Å². The lowest BCUT2D eigenvalue weighted by atomic mass is 9.87. The Kier molecular flexibility index (Phi) is 2.46. The van der Waals surface area contributed by atoms with Gasteiger partial charge < -0.3 is 15.9 Å². The number of hydrogen-bond donors (Lipinski definition) is 3. The molecular formula is C7H17NO2. The van der Waals surface area contributed by atoms with Crippen LogP contribution in [0.5, 0.6) is 0 Å². The van der Waals surface area contributed by atoms with Crippen molar-refractivity contribution in [2.24, 2.45) is 5.73 Å².